The zero-order valence-electron chi connectivity index (χ0n) is 37.6. The van der Waals surface area contributed by atoms with Gasteiger partial charge in [0.05, 0.1) is 50.0 Å². The van der Waals surface area contributed by atoms with E-state index in [4.69, 9.17) is 19.2 Å². The minimum Gasteiger partial charge on any atom is -0.453 e. The van der Waals surface area contributed by atoms with Crippen molar-refractivity contribution in [2.75, 3.05) is 27.9 Å². The molecule has 5 aromatic rings. The highest BCUT2D eigenvalue weighted by Crippen LogP contribution is 2.53. The third-order valence-corrected chi connectivity index (χ3v) is 14.4. The van der Waals surface area contributed by atoms with Gasteiger partial charge in [0.1, 0.15) is 17.9 Å². The Labute approximate surface area is 386 Å². The second-order valence-electron chi connectivity index (χ2n) is 18.0. The summed E-state index contributed by atoms with van der Waals surface area (Å²) in [6, 6.07) is 22.7. The molecule has 16 heteroatoms. The number of nitrogens with zero attached hydrogens (tertiary/aromatic N) is 4. The minimum atomic E-state index is -3.29. The number of rotatable bonds is 11. The fourth-order valence-corrected chi connectivity index (χ4v) is 11.0. The number of hydrogen-bond acceptors (Lipinski definition) is 9. The van der Waals surface area contributed by atoms with Gasteiger partial charge in [0, 0.05) is 48.5 Å². The Kier molecular flexibility index (Phi) is 11.4. The van der Waals surface area contributed by atoms with Gasteiger partial charge in [0.2, 0.25) is 5.91 Å². The lowest BCUT2D eigenvalue weighted by atomic mass is 9.90. The van der Waals surface area contributed by atoms with E-state index in [-0.39, 0.29) is 40.9 Å². The van der Waals surface area contributed by atoms with Crippen LogP contribution in [0.5, 0.6) is 0 Å². The number of fused-ring (bicyclic) bond motifs is 6. The number of nitrogens with one attached hydrogen (secondary N) is 3. The normalized spacial score (nSPS) is 22.0. The summed E-state index contributed by atoms with van der Waals surface area (Å²) >= 11 is 0. The number of hydrogen-bond donors (Lipinski definition) is 3. The van der Waals surface area contributed by atoms with Crippen molar-refractivity contribution in [3.8, 4) is 33.5 Å². The summed E-state index contributed by atoms with van der Waals surface area (Å²) in [5, 5.41) is 5.35. The van der Waals surface area contributed by atoms with E-state index >= 15 is 8.78 Å². The molecular formula is C51H51F2N7O7. The van der Waals surface area contributed by atoms with Gasteiger partial charge in [0.15, 0.2) is 0 Å². The molecular weight excluding hydrogens is 861 g/mol. The van der Waals surface area contributed by atoms with Crippen LogP contribution < -0.4 is 10.6 Å². The number of benzene rings is 4. The van der Waals surface area contributed by atoms with Crippen LogP contribution in [-0.4, -0.2) is 102 Å². The average Bonchev–Trinajstić information content (AvgIpc) is 4.23. The topological polar surface area (TPSA) is 168 Å². The second kappa shape index (κ2) is 17.4. The Bertz CT molecular complexity index is 2810. The molecule has 2 aliphatic carbocycles. The molecule has 1 aromatic heterocycles. The smallest absolute Gasteiger partial charge is 0.407 e. The summed E-state index contributed by atoms with van der Waals surface area (Å²) in [6.07, 6.45) is 4.10. The predicted octanol–water partition coefficient (Wildman–Crippen LogP) is 8.39. The van der Waals surface area contributed by atoms with Gasteiger partial charge in [0.25, 0.3) is 11.8 Å². The largest absolute Gasteiger partial charge is 0.453 e. The van der Waals surface area contributed by atoms with E-state index < -0.39 is 42.3 Å². The van der Waals surface area contributed by atoms with E-state index in [1.54, 1.807) is 42.3 Å². The Morgan fingerprint density at radius 2 is 1.51 bits per heavy atom. The maximum atomic E-state index is 16.7. The number of amides is 4. The van der Waals surface area contributed by atoms with Crippen LogP contribution in [0.4, 0.5) is 24.1 Å². The molecule has 4 heterocycles. The number of aromatic nitrogens is 2. The Hall–Kier alpha value is -6.94. The fourth-order valence-electron chi connectivity index (χ4n) is 11.0. The van der Waals surface area contributed by atoms with Crippen molar-refractivity contribution in [2.45, 2.75) is 87.7 Å². The van der Waals surface area contributed by atoms with E-state index in [0.717, 1.165) is 41.8 Å². The molecule has 67 heavy (non-hydrogen) atoms. The first-order valence-corrected chi connectivity index (χ1v) is 22.7. The van der Waals surface area contributed by atoms with Gasteiger partial charge in [-0.1, -0.05) is 60.7 Å². The first-order valence-electron chi connectivity index (χ1n) is 22.7. The molecule has 3 N–H and O–H groups in total. The second-order valence-corrected chi connectivity index (χ2v) is 18.0. The molecule has 0 spiro atoms. The van der Waals surface area contributed by atoms with Crippen molar-refractivity contribution >= 4 is 35.4 Å². The SMILES string of the molecule is COC(=O)N[C@H](C(=O)N1CCC[C@H]1c1ncc(-c2ccc3c(c2)C(F)(F)c2cc(-c4ccc5c(c4)CC([C@@H]4[C@@H]6CC[C@H](C6)N4C(=O)[C@H](NC(=O)OC)c4ccccc4)=N5)ccc2-3)[nH]1)[C@@H](C)OC. The number of likely N-dealkylation sites (tertiary alicyclic amines) is 2. The van der Waals surface area contributed by atoms with Crippen LogP contribution in [0.3, 0.4) is 0 Å². The summed E-state index contributed by atoms with van der Waals surface area (Å²) in [7, 11) is 3.96. The van der Waals surface area contributed by atoms with E-state index in [0.29, 0.717) is 65.1 Å². The van der Waals surface area contributed by atoms with Crippen molar-refractivity contribution in [3.63, 3.8) is 0 Å². The summed E-state index contributed by atoms with van der Waals surface area (Å²) in [5.74, 6) is -3.08. The highest BCUT2D eigenvalue weighted by molar-refractivity contribution is 6.02. The number of alkyl halides is 2. The molecule has 0 unspecified atom stereocenters. The van der Waals surface area contributed by atoms with Crippen molar-refractivity contribution < 1.29 is 42.2 Å². The van der Waals surface area contributed by atoms with Crippen LogP contribution in [0, 0.1) is 5.92 Å². The van der Waals surface area contributed by atoms with E-state index in [2.05, 4.69) is 20.6 Å². The molecule has 2 bridgehead atoms. The van der Waals surface area contributed by atoms with E-state index in [9.17, 15) is 19.2 Å². The van der Waals surface area contributed by atoms with Crippen molar-refractivity contribution in [1.82, 2.24) is 30.4 Å². The number of H-pyrrole nitrogens is 1. The third-order valence-electron chi connectivity index (χ3n) is 14.4. The maximum absolute atomic E-state index is 16.7. The molecule has 7 atom stereocenters. The van der Waals surface area contributed by atoms with E-state index in [1.807, 2.05) is 59.5 Å². The first kappa shape index (κ1) is 43.9. The van der Waals surface area contributed by atoms with Crippen molar-refractivity contribution in [2.24, 2.45) is 10.9 Å². The standard InChI is InChI=1S/C51H51F2N7O7/c1-27(65-2)43(57-49(63)66-3)47(61)59-20-8-11-42(59)46-54-26-41(56-46)31-14-18-36-35-17-13-30(23-37(35)51(52,53)38(36)24-31)29-15-19-39-33(21-29)25-40(55-39)45-32-12-16-34(22-32)60(45)48(62)44(58-50(64)67-4)28-9-6-5-7-10-28/h5-7,9-10,13-15,17-19,21,23-24,26-27,32,34,42-45H,8,11-12,16,20,22,25H2,1-4H3,(H,54,56)(H,57,63)(H,58,64)/t27-,32-,34-,42+,43+,44-,45+/m1/s1. The molecule has 4 aromatic carbocycles. The molecule has 2 saturated heterocycles. The molecule has 10 rings (SSSR count). The highest BCUT2D eigenvalue weighted by Gasteiger charge is 2.52. The summed E-state index contributed by atoms with van der Waals surface area (Å²) in [6.45, 7) is 2.13. The van der Waals surface area contributed by atoms with Gasteiger partial charge in [-0.15, -0.1) is 0 Å². The van der Waals surface area contributed by atoms with Gasteiger partial charge >= 0.3 is 12.2 Å². The van der Waals surface area contributed by atoms with Crippen LogP contribution in [0.25, 0.3) is 33.5 Å². The Morgan fingerprint density at radius 3 is 2.24 bits per heavy atom. The molecule has 1 saturated carbocycles. The lowest BCUT2D eigenvalue weighted by Crippen LogP contribution is -2.54. The third kappa shape index (κ3) is 7.70. The molecule has 5 aliphatic rings. The van der Waals surface area contributed by atoms with Gasteiger partial charge in [-0.25, -0.2) is 14.6 Å². The quantitative estimate of drug-likeness (QED) is 0.119. The minimum absolute atomic E-state index is 0.0309. The monoisotopic (exact) mass is 911 g/mol. The zero-order valence-corrected chi connectivity index (χ0v) is 37.6. The summed E-state index contributed by atoms with van der Waals surface area (Å²) < 4.78 is 48.4. The lowest BCUT2D eigenvalue weighted by Gasteiger charge is -2.37. The molecule has 0 radical (unpaired) electrons. The Morgan fingerprint density at radius 1 is 0.821 bits per heavy atom. The van der Waals surface area contributed by atoms with Crippen molar-refractivity contribution in [1.29, 1.82) is 0 Å². The first-order chi connectivity index (χ1) is 32.4. The molecule has 3 fully saturated rings. The number of imidazole rings is 1. The number of aromatic amines is 1. The van der Waals surface area contributed by atoms with Crippen molar-refractivity contribution in [3.05, 3.63) is 119 Å². The van der Waals surface area contributed by atoms with Crippen LogP contribution >= 0.6 is 0 Å². The highest BCUT2D eigenvalue weighted by atomic mass is 19.3. The summed E-state index contributed by atoms with van der Waals surface area (Å²) in [5.41, 5.74) is 6.53. The molecule has 4 amide bonds. The average molecular weight is 912 g/mol. The molecule has 3 aliphatic heterocycles. The number of carbonyl (C=O) groups is 4. The zero-order chi connectivity index (χ0) is 46.7. The molecule has 14 nitrogen and oxygen atoms in total. The number of halogens is 2. The number of aliphatic imine (C=N–C) groups is 1. The predicted molar refractivity (Wildman–Crippen MR) is 245 cm³/mol. The molecule has 346 valence electrons. The lowest BCUT2D eigenvalue weighted by molar-refractivity contribution is -0.138. The van der Waals surface area contributed by atoms with Crippen LogP contribution in [0.1, 0.15) is 79.2 Å². The van der Waals surface area contributed by atoms with Gasteiger partial charge in [-0.3, -0.25) is 14.6 Å². The summed E-state index contributed by atoms with van der Waals surface area (Å²) in [4.78, 5) is 69.3. The Balaban J connectivity index is 0.863. The van der Waals surface area contributed by atoms with E-state index in [1.165, 1.54) is 27.4 Å². The van der Waals surface area contributed by atoms with Gasteiger partial charge in [-0.2, -0.15) is 8.78 Å². The number of piperidine rings is 1. The van der Waals surface area contributed by atoms with Gasteiger partial charge < -0.3 is 39.6 Å². The fraction of sp³-hybridized carbons (Fsp3) is 0.373. The number of carbonyl (C=O) groups excluding carboxylic acids is 4. The van der Waals surface area contributed by atoms with Crippen LogP contribution in [0.15, 0.2) is 96.1 Å². The van der Waals surface area contributed by atoms with Crippen LogP contribution in [-0.2, 0) is 36.1 Å². The maximum Gasteiger partial charge on any atom is 0.407 e. The number of ether oxygens (including phenoxy) is 3. The number of alkyl carbamates (subject to hydrolysis) is 2. The van der Waals surface area contributed by atoms with Crippen LogP contribution in [0.2, 0.25) is 0 Å². The number of methoxy groups -OCH3 is 3. The van der Waals surface area contributed by atoms with Gasteiger partial charge in [-0.05, 0) is 103 Å².